The quantitative estimate of drug-likeness (QED) is 0.681. The minimum absolute atomic E-state index is 0.0490. The van der Waals surface area contributed by atoms with E-state index in [0.717, 1.165) is 4.31 Å². The van der Waals surface area contributed by atoms with Crippen LogP contribution in [0.4, 0.5) is 5.69 Å². The third-order valence-corrected chi connectivity index (χ3v) is 6.42. The van der Waals surface area contributed by atoms with E-state index in [1.54, 1.807) is 25.1 Å². The summed E-state index contributed by atoms with van der Waals surface area (Å²) in [5, 5.41) is 3.16. The lowest BCUT2D eigenvalue weighted by Crippen LogP contribution is -2.35. The van der Waals surface area contributed by atoms with E-state index in [1.807, 2.05) is 0 Å². The number of carbonyl (C=O) groups is 1. The normalized spacial score (nSPS) is 11.5. The number of nitrogens with zero attached hydrogens (tertiary/aromatic N) is 1. The van der Waals surface area contributed by atoms with Gasteiger partial charge < -0.3 is 10.1 Å². The van der Waals surface area contributed by atoms with Crippen LogP contribution in [0.1, 0.15) is 6.92 Å². The smallest absolute Gasteiger partial charge is 0.243 e. The Bertz CT molecular complexity index is 951. The molecule has 0 saturated heterocycles. The number of amides is 1. The van der Waals surface area contributed by atoms with Crippen molar-refractivity contribution < 1.29 is 17.9 Å². The van der Waals surface area contributed by atoms with Crippen molar-refractivity contribution in [3.8, 4) is 5.75 Å². The van der Waals surface area contributed by atoms with Gasteiger partial charge in [-0.05, 0) is 37.3 Å². The van der Waals surface area contributed by atoms with E-state index in [2.05, 4.69) is 5.32 Å². The van der Waals surface area contributed by atoms with Gasteiger partial charge >= 0.3 is 0 Å². The second-order valence-electron chi connectivity index (χ2n) is 5.44. The number of likely N-dealkylation sites (N-methyl/N-ethyl adjacent to an activating group) is 1. The number of carbonyl (C=O) groups excluding carboxylic acids is 1. The Morgan fingerprint density at radius 2 is 1.85 bits per heavy atom. The molecule has 27 heavy (non-hydrogen) atoms. The van der Waals surface area contributed by atoms with Gasteiger partial charge in [-0.25, -0.2) is 8.42 Å². The fourth-order valence-electron chi connectivity index (χ4n) is 2.17. The third-order valence-electron chi connectivity index (χ3n) is 3.50. The molecule has 0 fully saturated rings. The highest BCUT2D eigenvalue weighted by molar-refractivity contribution is 7.89. The molecule has 0 aliphatic rings. The Morgan fingerprint density at radius 3 is 2.48 bits per heavy atom. The lowest BCUT2D eigenvalue weighted by Gasteiger charge is -2.18. The third kappa shape index (κ3) is 5.27. The Kier molecular flexibility index (Phi) is 7.36. The molecule has 0 aromatic heterocycles. The lowest BCUT2D eigenvalue weighted by molar-refractivity contribution is -0.116. The largest absolute Gasteiger partial charge is 0.492 e. The van der Waals surface area contributed by atoms with Crippen LogP contribution >= 0.6 is 34.8 Å². The number of nitrogens with one attached hydrogen (secondary N) is 1. The van der Waals surface area contributed by atoms with Crippen LogP contribution in [0.3, 0.4) is 0 Å². The molecule has 0 bridgehead atoms. The highest BCUT2D eigenvalue weighted by atomic mass is 35.5. The van der Waals surface area contributed by atoms with Gasteiger partial charge in [-0.1, -0.05) is 40.9 Å². The van der Waals surface area contributed by atoms with Gasteiger partial charge in [0.15, 0.2) is 0 Å². The molecule has 10 heteroatoms. The number of hydrogen-bond acceptors (Lipinski definition) is 4. The average molecular weight is 452 g/mol. The van der Waals surface area contributed by atoms with E-state index in [1.165, 1.54) is 25.2 Å². The monoisotopic (exact) mass is 450 g/mol. The first-order valence-corrected chi connectivity index (χ1v) is 10.4. The molecule has 1 N–H and O–H groups in total. The molecule has 0 unspecified atom stereocenters. The number of ether oxygens (including phenoxy) is 1. The van der Waals surface area contributed by atoms with Crippen molar-refractivity contribution in [3.05, 3.63) is 51.5 Å². The Balaban J connectivity index is 2.13. The number of rotatable bonds is 7. The molecular weight excluding hydrogens is 435 g/mol. The Hall–Kier alpha value is -1.51. The van der Waals surface area contributed by atoms with Gasteiger partial charge in [-0.3, -0.25) is 4.79 Å². The predicted octanol–water partition coefficient (Wildman–Crippen LogP) is 4.30. The molecule has 0 saturated carbocycles. The van der Waals surface area contributed by atoms with Crippen molar-refractivity contribution in [3.63, 3.8) is 0 Å². The van der Waals surface area contributed by atoms with Gasteiger partial charge in [0.25, 0.3) is 0 Å². The van der Waals surface area contributed by atoms with Crippen molar-refractivity contribution >= 4 is 56.4 Å². The van der Waals surface area contributed by atoms with Crippen molar-refractivity contribution in [2.75, 3.05) is 25.5 Å². The standard InChI is InChI=1S/C17H17Cl3N2O4S/c1-3-26-15-8-7-11(9-13(15)19)27(24,25)22(2)10-16(23)21-14-6-4-5-12(18)17(14)20/h4-9H,3,10H2,1-2H3,(H,21,23). The molecule has 2 aromatic carbocycles. The van der Waals surface area contributed by atoms with Gasteiger partial charge in [-0.15, -0.1) is 0 Å². The van der Waals surface area contributed by atoms with Crippen molar-refractivity contribution in [2.45, 2.75) is 11.8 Å². The first kappa shape index (κ1) is 21.8. The summed E-state index contributed by atoms with van der Waals surface area (Å²) >= 11 is 18.0. The molecule has 1 amide bonds. The van der Waals surface area contributed by atoms with E-state index in [0.29, 0.717) is 18.0 Å². The van der Waals surface area contributed by atoms with Gasteiger partial charge in [0.05, 0.1) is 38.8 Å². The average Bonchev–Trinajstić information content (AvgIpc) is 2.60. The zero-order chi connectivity index (χ0) is 20.2. The zero-order valence-corrected chi connectivity index (χ0v) is 17.6. The number of benzene rings is 2. The summed E-state index contributed by atoms with van der Waals surface area (Å²) < 4.78 is 31.5. The maximum atomic E-state index is 12.7. The van der Waals surface area contributed by atoms with Crippen LogP contribution in [-0.2, 0) is 14.8 Å². The molecule has 0 heterocycles. The predicted molar refractivity (Wildman–Crippen MR) is 108 cm³/mol. The SMILES string of the molecule is CCOc1ccc(S(=O)(=O)N(C)CC(=O)Nc2cccc(Cl)c2Cl)cc1Cl. The number of hydrogen-bond donors (Lipinski definition) is 1. The van der Waals surface area contributed by atoms with Gasteiger partial charge in [0.2, 0.25) is 15.9 Å². The zero-order valence-electron chi connectivity index (χ0n) is 14.5. The minimum atomic E-state index is -3.93. The van der Waals surface area contributed by atoms with Crippen molar-refractivity contribution in [1.29, 1.82) is 0 Å². The van der Waals surface area contributed by atoms with E-state index >= 15 is 0 Å². The first-order valence-electron chi connectivity index (χ1n) is 7.79. The molecule has 2 rings (SSSR count). The Morgan fingerprint density at radius 1 is 1.15 bits per heavy atom. The van der Waals surface area contributed by atoms with Crippen LogP contribution in [0.15, 0.2) is 41.3 Å². The number of sulfonamides is 1. The molecule has 0 aliphatic carbocycles. The van der Waals surface area contributed by atoms with Crippen LogP contribution in [0, 0.1) is 0 Å². The fraction of sp³-hybridized carbons (Fsp3) is 0.235. The lowest BCUT2D eigenvalue weighted by atomic mass is 10.3. The molecule has 0 aliphatic heterocycles. The molecule has 146 valence electrons. The van der Waals surface area contributed by atoms with Crippen molar-refractivity contribution in [1.82, 2.24) is 4.31 Å². The van der Waals surface area contributed by atoms with Crippen LogP contribution in [0.25, 0.3) is 0 Å². The van der Waals surface area contributed by atoms with Crippen LogP contribution in [-0.4, -0.2) is 38.8 Å². The molecule has 2 aromatic rings. The summed E-state index contributed by atoms with van der Waals surface area (Å²) in [5.74, 6) is -0.184. The molecule has 6 nitrogen and oxygen atoms in total. The minimum Gasteiger partial charge on any atom is -0.492 e. The summed E-state index contributed by atoms with van der Waals surface area (Å²) in [4.78, 5) is 12.2. The van der Waals surface area contributed by atoms with Crippen LogP contribution < -0.4 is 10.1 Å². The molecule has 0 spiro atoms. The van der Waals surface area contributed by atoms with Crippen LogP contribution in [0.2, 0.25) is 15.1 Å². The topological polar surface area (TPSA) is 75.7 Å². The first-order chi connectivity index (χ1) is 12.7. The van der Waals surface area contributed by atoms with E-state index in [9.17, 15) is 13.2 Å². The van der Waals surface area contributed by atoms with E-state index < -0.39 is 22.5 Å². The Labute approximate surface area is 173 Å². The van der Waals surface area contributed by atoms with Crippen molar-refractivity contribution in [2.24, 2.45) is 0 Å². The fourth-order valence-corrected chi connectivity index (χ4v) is 3.97. The summed E-state index contributed by atoms with van der Waals surface area (Å²) in [6.45, 7) is 1.77. The highest BCUT2D eigenvalue weighted by Gasteiger charge is 2.24. The van der Waals surface area contributed by atoms with E-state index in [-0.39, 0.29) is 20.0 Å². The maximum Gasteiger partial charge on any atom is 0.243 e. The van der Waals surface area contributed by atoms with Crippen LogP contribution in [0.5, 0.6) is 5.75 Å². The summed E-state index contributed by atoms with van der Waals surface area (Å²) in [6.07, 6.45) is 0. The summed E-state index contributed by atoms with van der Waals surface area (Å²) in [5.41, 5.74) is 0.295. The number of halogens is 3. The molecular formula is C17H17Cl3N2O4S. The summed E-state index contributed by atoms with van der Waals surface area (Å²) in [7, 11) is -2.63. The van der Waals surface area contributed by atoms with E-state index in [4.69, 9.17) is 39.5 Å². The second kappa shape index (κ2) is 9.12. The summed E-state index contributed by atoms with van der Waals surface area (Å²) in [6, 6.07) is 8.88. The van der Waals surface area contributed by atoms with Gasteiger partial charge in [0.1, 0.15) is 5.75 Å². The second-order valence-corrected chi connectivity index (χ2v) is 8.67. The molecule has 0 radical (unpaired) electrons. The highest BCUT2D eigenvalue weighted by Crippen LogP contribution is 2.30. The number of anilines is 1. The van der Waals surface area contributed by atoms with Gasteiger partial charge in [-0.2, -0.15) is 4.31 Å². The van der Waals surface area contributed by atoms with Gasteiger partial charge in [0, 0.05) is 7.05 Å². The molecule has 0 atom stereocenters. The maximum absolute atomic E-state index is 12.7.